The van der Waals surface area contributed by atoms with Crippen LogP contribution >= 0.6 is 0 Å². The van der Waals surface area contributed by atoms with Crippen LogP contribution in [0.1, 0.15) is 34.0 Å². The van der Waals surface area contributed by atoms with Crippen molar-refractivity contribution in [1.82, 2.24) is 23.8 Å². The van der Waals surface area contributed by atoms with Gasteiger partial charge >= 0.3 is 11.9 Å². The summed E-state index contributed by atoms with van der Waals surface area (Å²) < 4.78 is 60.2. The Bertz CT molecular complexity index is 1700. The summed E-state index contributed by atoms with van der Waals surface area (Å²) in [5, 5.41) is 4.20. The van der Waals surface area contributed by atoms with Crippen molar-refractivity contribution in [2.45, 2.75) is 38.8 Å². The minimum Gasteiger partial charge on any atom is -0.363 e. The third kappa shape index (κ3) is 6.42. The van der Waals surface area contributed by atoms with Crippen molar-refractivity contribution in [2.75, 3.05) is 31.1 Å². The van der Waals surface area contributed by atoms with Crippen LogP contribution in [0.3, 0.4) is 0 Å². The maximum atomic E-state index is 14.9. The molecule has 2 N–H and O–H groups in total. The van der Waals surface area contributed by atoms with E-state index in [1.165, 1.54) is 6.92 Å². The average Bonchev–Trinajstić information content (AvgIpc) is 3.39. The summed E-state index contributed by atoms with van der Waals surface area (Å²) in [4.78, 5) is 31.7. The Hall–Kier alpha value is -4.23. The van der Waals surface area contributed by atoms with E-state index in [1.807, 2.05) is 18.1 Å². The van der Waals surface area contributed by atoms with Crippen LogP contribution in [0.15, 0.2) is 70.5 Å². The molecule has 9 nitrogen and oxygen atoms in total. The quantitative estimate of drug-likeness (QED) is 0.313. The van der Waals surface area contributed by atoms with Crippen LogP contribution in [-0.4, -0.2) is 50.0 Å². The van der Waals surface area contributed by atoms with E-state index in [0.717, 1.165) is 32.9 Å². The first kappa shape index (κ1) is 30.2. The van der Waals surface area contributed by atoms with Gasteiger partial charge in [-0.25, -0.2) is 9.18 Å². The van der Waals surface area contributed by atoms with Gasteiger partial charge in [0.2, 0.25) is 0 Å². The number of benzene rings is 2. The van der Waals surface area contributed by atoms with Crippen LogP contribution in [0.25, 0.3) is 0 Å². The van der Waals surface area contributed by atoms with E-state index >= 15 is 0 Å². The van der Waals surface area contributed by atoms with Gasteiger partial charge in [-0.05, 0) is 24.6 Å². The fraction of sp³-hybridized carbons (Fsp3) is 0.367. The Balaban J connectivity index is 1.55. The lowest BCUT2D eigenvalue weighted by atomic mass is 10.1. The Morgan fingerprint density at radius 3 is 2.28 bits per heavy atom. The summed E-state index contributed by atoms with van der Waals surface area (Å²) in [6, 6.07) is 10.8. The predicted molar refractivity (Wildman–Crippen MR) is 154 cm³/mol. The zero-order chi connectivity index (χ0) is 30.9. The maximum Gasteiger partial charge on any atom is 0.416 e. The van der Waals surface area contributed by atoms with Gasteiger partial charge in [-0.15, -0.1) is 0 Å². The van der Waals surface area contributed by atoms with E-state index < -0.39 is 47.0 Å². The van der Waals surface area contributed by atoms with Crippen molar-refractivity contribution in [2.24, 2.45) is 12.8 Å². The van der Waals surface area contributed by atoms with E-state index in [1.54, 1.807) is 41.2 Å². The second kappa shape index (κ2) is 12.2. The van der Waals surface area contributed by atoms with Gasteiger partial charge in [0.05, 0.1) is 24.8 Å². The number of nitrogens with zero attached hydrogens (tertiary/aromatic N) is 6. The number of hydrogen-bond acceptors (Lipinski definition) is 6. The predicted octanol–water partition coefficient (Wildman–Crippen LogP) is 3.28. The molecule has 228 valence electrons. The van der Waals surface area contributed by atoms with Crippen molar-refractivity contribution < 1.29 is 17.6 Å². The average molecular weight is 600 g/mol. The van der Waals surface area contributed by atoms with Crippen LogP contribution in [0.2, 0.25) is 0 Å². The van der Waals surface area contributed by atoms with Crippen molar-refractivity contribution in [1.29, 1.82) is 0 Å². The minimum atomic E-state index is -4.84. The number of rotatable bonds is 8. The molecule has 5 rings (SSSR count). The lowest BCUT2D eigenvalue weighted by molar-refractivity contribution is -0.138. The number of anilines is 1. The molecule has 4 aromatic rings. The number of nitrogens with two attached hydrogens (primary N) is 1. The zero-order valence-corrected chi connectivity index (χ0v) is 23.9. The molecule has 13 heteroatoms. The Morgan fingerprint density at radius 1 is 0.953 bits per heavy atom. The first-order chi connectivity index (χ1) is 20.4. The molecule has 1 saturated heterocycles. The molecule has 0 spiro atoms. The fourth-order valence-electron chi connectivity index (χ4n) is 5.58. The second-order valence-corrected chi connectivity index (χ2v) is 10.8. The van der Waals surface area contributed by atoms with Gasteiger partial charge in [0, 0.05) is 68.8 Å². The van der Waals surface area contributed by atoms with Gasteiger partial charge in [0.1, 0.15) is 11.5 Å². The molecule has 2 aromatic carbocycles. The molecule has 43 heavy (non-hydrogen) atoms. The Kier molecular flexibility index (Phi) is 8.56. The van der Waals surface area contributed by atoms with Crippen molar-refractivity contribution >= 4 is 5.69 Å². The number of halogens is 4. The summed E-state index contributed by atoms with van der Waals surface area (Å²) in [5.74, 6) is -1.09. The van der Waals surface area contributed by atoms with Crippen molar-refractivity contribution in [3.8, 4) is 0 Å². The molecule has 1 atom stereocenters. The smallest absolute Gasteiger partial charge is 0.363 e. The highest BCUT2D eigenvalue weighted by Gasteiger charge is 2.35. The lowest BCUT2D eigenvalue weighted by Gasteiger charge is -2.36. The standard InChI is InChI=1S/C30H33F4N7O2/c1-20-27(39-13-11-38(12-14-39)17-21-15-36-37(2)16-21)28(42)41(19-26(35)22-7-4-3-5-8-22)29(43)40(20)18-23-24(30(32,33)34)9-6-10-25(23)31/h3-10,15-16,26H,11-14,17-19,35H2,1-2H3/t26-/m0/s1. The number of piperazine rings is 1. The van der Waals surface area contributed by atoms with Crippen LogP contribution in [0, 0.1) is 12.7 Å². The highest BCUT2D eigenvalue weighted by atomic mass is 19.4. The zero-order valence-electron chi connectivity index (χ0n) is 23.9. The number of hydrogen-bond donors (Lipinski definition) is 1. The Morgan fingerprint density at radius 2 is 1.65 bits per heavy atom. The SMILES string of the molecule is Cc1c(N2CCN(Cc3cnn(C)c3)CC2)c(=O)n(C[C@H](N)c2ccccc2)c(=O)n1Cc1c(F)cccc1C(F)(F)F. The largest absolute Gasteiger partial charge is 0.416 e. The molecule has 0 radical (unpaired) electrons. The lowest BCUT2D eigenvalue weighted by Crippen LogP contribution is -2.51. The summed E-state index contributed by atoms with van der Waals surface area (Å²) in [6.45, 7) is 3.34. The van der Waals surface area contributed by atoms with E-state index in [4.69, 9.17) is 5.73 Å². The second-order valence-electron chi connectivity index (χ2n) is 10.8. The van der Waals surface area contributed by atoms with Crippen LogP contribution < -0.4 is 21.9 Å². The fourth-order valence-corrected chi connectivity index (χ4v) is 5.58. The topological polar surface area (TPSA) is 94.3 Å². The van der Waals surface area contributed by atoms with Crippen LogP contribution in [-0.2, 0) is 32.9 Å². The Labute approximate surface area is 245 Å². The minimum absolute atomic E-state index is 0.164. The molecule has 0 saturated carbocycles. The normalized spacial score (nSPS) is 15.2. The molecule has 0 aliphatic carbocycles. The molecule has 0 unspecified atom stereocenters. The summed E-state index contributed by atoms with van der Waals surface area (Å²) in [5.41, 5.74) is 5.17. The monoisotopic (exact) mass is 599 g/mol. The number of aromatic nitrogens is 4. The molecular weight excluding hydrogens is 566 g/mol. The van der Waals surface area contributed by atoms with E-state index in [2.05, 4.69) is 10.00 Å². The molecule has 1 aliphatic heterocycles. The molecule has 2 aromatic heterocycles. The van der Waals surface area contributed by atoms with Crippen molar-refractivity contribution in [3.05, 3.63) is 116 Å². The van der Waals surface area contributed by atoms with Gasteiger partial charge in [0.15, 0.2) is 0 Å². The highest BCUT2D eigenvalue weighted by Crippen LogP contribution is 2.33. The molecule has 0 bridgehead atoms. The summed E-state index contributed by atoms with van der Waals surface area (Å²) in [7, 11) is 1.84. The van der Waals surface area contributed by atoms with Gasteiger partial charge in [-0.3, -0.25) is 23.5 Å². The molecule has 1 fully saturated rings. The third-order valence-electron chi connectivity index (χ3n) is 7.86. The summed E-state index contributed by atoms with van der Waals surface area (Å²) >= 11 is 0. The van der Waals surface area contributed by atoms with Gasteiger partial charge in [-0.1, -0.05) is 36.4 Å². The van der Waals surface area contributed by atoms with E-state index in [-0.39, 0.29) is 17.9 Å². The molecule has 3 heterocycles. The van der Waals surface area contributed by atoms with E-state index in [0.29, 0.717) is 38.3 Å². The van der Waals surface area contributed by atoms with Crippen molar-refractivity contribution in [3.63, 3.8) is 0 Å². The van der Waals surface area contributed by atoms with Crippen LogP contribution in [0.4, 0.5) is 23.2 Å². The molecule has 1 aliphatic rings. The first-order valence-electron chi connectivity index (χ1n) is 13.9. The first-order valence-corrected chi connectivity index (χ1v) is 13.9. The highest BCUT2D eigenvalue weighted by molar-refractivity contribution is 5.50. The van der Waals surface area contributed by atoms with Gasteiger partial charge in [0.25, 0.3) is 5.56 Å². The van der Waals surface area contributed by atoms with Crippen LogP contribution in [0.5, 0.6) is 0 Å². The maximum absolute atomic E-state index is 14.9. The number of aryl methyl sites for hydroxylation is 1. The molecule has 0 amide bonds. The van der Waals surface area contributed by atoms with Gasteiger partial charge in [-0.2, -0.15) is 18.3 Å². The molecular formula is C30H33F4N7O2. The van der Waals surface area contributed by atoms with Gasteiger partial charge < -0.3 is 10.6 Å². The van der Waals surface area contributed by atoms with E-state index in [9.17, 15) is 27.2 Å². The summed E-state index contributed by atoms with van der Waals surface area (Å²) in [6.07, 6.45) is -1.12. The third-order valence-corrected chi connectivity index (χ3v) is 7.86. The number of alkyl halides is 3.